The number of thiol groups is 1. The number of carbonyl (C=O) groups is 3. The fourth-order valence-electron chi connectivity index (χ4n) is 2.58. The number of hydrogen-bond donors (Lipinski definition) is 4. The molecule has 0 aliphatic heterocycles. The Morgan fingerprint density at radius 2 is 1.52 bits per heavy atom. The summed E-state index contributed by atoms with van der Waals surface area (Å²) < 4.78 is 0. The number of carboxylic acids is 1. The second-order valence-corrected chi connectivity index (χ2v) is 8.03. The van der Waals surface area contributed by atoms with Crippen LogP contribution < -0.4 is 10.6 Å². The van der Waals surface area contributed by atoms with E-state index in [2.05, 4.69) is 23.3 Å². The van der Waals surface area contributed by atoms with Crippen LogP contribution in [0.2, 0.25) is 0 Å². The first-order chi connectivity index (χ1) is 12.6. The van der Waals surface area contributed by atoms with Gasteiger partial charge in [0, 0.05) is 6.42 Å². The molecule has 0 saturated heterocycles. The molecule has 150 valence electrons. The van der Waals surface area contributed by atoms with Crippen molar-refractivity contribution in [2.24, 2.45) is 11.8 Å². The molecule has 0 aliphatic rings. The van der Waals surface area contributed by atoms with Crippen LogP contribution in [-0.2, 0) is 20.8 Å². The molecule has 2 amide bonds. The molecule has 3 atom stereocenters. The van der Waals surface area contributed by atoms with Crippen LogP contribution in [0.3, 0.4) is 0 Å². The van der Waals surface area contributed by atoms with Gasteiger partial charge in [0.05, 0.1) is 5.25 Å². The van der Waals surface area contributed by atoms with Crippen molar-refractivity contribution in [3.63, 3.8) is 0 Å². The quantitative estimate of drug-likeness (QED) is 0.458. The molecule has 3 N–H and O–H groups in total. The highest BCUT2D eigenvalue weighted by atomic mass is 32.1. The number of rotatable bonds is 10. The minimum absolute atomic E-state index is 0.0148. The van der Waals surface area contributed by atoms with Gasteiger partial charge in [0.25, 0.3) is 0 Å². The predicted molar refractivity (Wildman–Crippen MR) is 109 cm³/mol. The van der Waals surface area contributed by atoms with E-state index in [9.17, 15) is 19.5 Å². The maximum absolute atomic E-state index is 12.7. The molecule has 0 heterocycles. The number of aliphatic carboxylic acids is 1. The minimum Gasteiger partial charge on any atom is -0.480 e. The Balaban J connectivity index is 2.85. The van der Waals surface area contributed by atoms with Crippen molar-refractivity contribution in [3.05, 3.63) is 35.9 Å². The molecule has 2 unspecified atom stereocenters. The highest BCUT2D eigenvalue weighted by Crippen LogP contribution is 2.12. The molecule has 1 rings (SSSR count). The number of amides is 2. The summed E-state index contributed by atoms with van der Waals surface area (Å²) in [5.74, 6) is -1.78. The Morgan fingerprint density at radius 3 is 2.00 bits per heavy atom. The molecule has 1 aromatic carbocycles. The average molecular weight is 395 g/mol. The Bertz CT molecular complexity index is 634. The number of carboxylic acid groups (broad SMARTS) is 1. The van der Waals surface area contributed by atoms with Gasteiger partial charge in [-0.3, -0.25) is 9.59 Å². The van der Waals surface area contributed by atoms with E-state index >= 15 is 0 Å². The van der Waals surface area contributed by atoms with E-state index in [0.717, 1.165) is 5.56 Å². The van der Waals surface area contributed by atoms with E-state index in [0.29, 0.717) is 6.42 Å². The molecule has 1 aromatic rings. The maximum Gasteiger partial charge on any atom is 0.326 e. The van der Waals surface area contributed by atoms with E-state index in [1.165, 1.54) is 0 Å². The molecule has 6 nitrogen and oxygen atoms in total. The normalized spacial score (nSPS) is 14.5. The summed E-state index contributed by atoms with van der Waals surface area (Å²) in [5.41, 5.74) is 0.810. The third-order valence-corrected chi connectivity index (χ3v) is 4.97. The minimum atomic E-state index is -1.11. The molecule has 0 bridgehead atoms. The van der Waals surface area contributed by atoms with Crippen molar-refractivity contribution < 1.29 is 19.5 Å². The Labute approximate surface area is 166 Å². The van der Waals surface area contributed by atoms with Crippen LogP contribution >= 0.6 is 12.6 Å². The van der Waals surface area contributed by atoms with Crippen molar-refractivity contribution in [2.75, 3.05) is 0 Å². The molecule has 0 spiro atoms. The van der Waals surface area contributed by atoms with Crippen LogP contribution in [0.1, 0.15) is 39.7 Å². The van der Waals surface area contributed by atoms with Gasteiger partial charge < -0.3 is 15.7 Å². The van der Waals surface area contributed by atoms with E-state index < -0.39 is 29.2 Å². The summed E-state index contributed by atoms with van der Waals surface area (Å²) in [6.45, 7) is 7.61. The van der Waals surface area contributed by atoms with Gasteiger partial charge in [0.2, 0.25) is 11.8 Å². The van der Waals surface area contributed by atoms with Gasteiger partial charge in [-0.1, -0.05) is 58.0 Å². The second kappa shape index (κ2) is 11.0. The SMILES string of the molecule is CC(C)CC(NC(=O)[C@@H](S)C(C)C)C(=O)NC(Cc1ccccc1)C(=O)O. The Morgan fingerprint density at radius 1 is 0.963 bits per heavy atom. The number of carbonyl (C=O) groups excluding carboxylic acids is 2. The van der Waals surface area contributed by atoms with Gasteiger partial charge in [0.15, 0.2) is 0 Å². The lowest BCUT2D eigenvalue weighted by atomic mass is 10.0. The van der Waals surface area contributed by atoms with E-state index in [4.69, 9.17) is 0 Å². The molecular weight excluding hydrogens is 364 g/mol. The van der Waals surface area contributed by atoms with E-state index in [-0.39, 0.29) is 24.2 Å². The summed E-state index contributed by atoms with van der Waals surface area (Å²) in [6, 6.07) is 7.22. The maximum atomic E-state index is 12.7. The van der Waals surface area contributed by atoms with Crippen molar-refractivity contribution in [1.82, 2.24) is 10.6 Å². The topological polar surface area (TPSA) is 95.5 Å². The van der Waals surface area contributed by atoms with Gasteiger partial charge in [0.1, 0.15) is 12.1 Å². The van der Waals surface area contributed by atoms with Gasteiger partial charge in [-0.2, -0.15) is 12.6 Å². The summed E-state index contributed by atoms with van der Waals surface area (Å²) in [5, 5.41) is 14.2. The van der Waals surface area contributed by atoms with Crippen LogP contribution in [0.5, 0.6) is 0 Å². The Hall–Kier alpha value is -2.02. The number of benzene rings is 1. The fourth-order valence-corrected chi connectivity index (χ4v) is 2.66. The third-order valence-electron chi connectivity index (χ3n) is 4.14. The smallest absolute Gasteiger partial charge is 0.326 e. The number of hydrogen-bond acceptors (Lipinski definition) is 4. The lowest BCUT2D eigenvalue weighted by Crippen LogP contribution is -2.54. The fraction of sp³-hybridized carbons (Fsp3) is 0.550. The van der Waals surface area contributed by atoms with Gasteiger partial charge in [-0.25, -0.2) is 4.79 Å². The first-order valence-electron chi connectivity index (χ1n) is 9.17. The van der Waals surface area contributed by atoms with Crippen molar-refractivity contribution in [2.45, 2.75) is 57.9 Å². The largest absolute Gasteiger partial charge is 0.480 e. The molecule has 0 aromatic heterocycles. The van der Waals surface area contributed by atoms with Crippen LogP contribution in [0.15, 0.2) is 30.3 Å². The molecule has 0 radical (unpaired) electrons. The Kier molecular flexibility index (Phi) is 9.35. The average Bonchev–Trinajstić information content (AvgIpc) is 2.59. The standard InChI is InChI=1S/C20H30N2O4S/c1-12(2)10-15(21-19(24)17(27)13(3)4)18(23)22-16(20(25)26)11-14-8-6-5-7-9-14/h5-9,12-13,15-17,27H,10-11H2,1-4H3,(H,21,24)(H,22,23)(H,25,26)/t15?,16?,17-/m0/s1. The summed E-state index contributed by atoms with van der Waals surface area (Å²) >= 11 is 4.28. The molecular formula is C20H30N2O4S. The van der Waals surface area contributed by atoms with Gasteiger partial charge in [-0.15, -0.1) is 0 Å². The van der Waals surface area contributed by atoms with Gasteiger partial charge in [-0.05, 0) is 23.8 Å². The van der Waals surface area contributed by atoms with E-state index in [1.807, 2.05) is 58.0 Å². The first-order valence-corrected chi connectivity index (χ1v) is 9.69. The molecule has 7 heteroatoms. The van der Waals surface area contributed by atoms with Crippen LogP contribution in [0.25, 0.3) is 0 Å². The monoisotopic (exact) mass is 394 g/mol. The second-order valence-electron chi connectivity index (χ2n) is 7.47. The lowest BCUT2D eigenvalue weighted by Gasteiger charge is -2.24. The van der Waals surface area contributed by atoms with Crippen LogP contribution in [-0.4, -0.2) is 40.2 Å². The zero-order valence-electron chi connectivity index (χ0n) is 16.3. The molecule has 0 saturated carbocycles. The van der Waals surface area contributed by atoms with E-state index in [1.54, 1.807) is 0 Å². The highest BCUT2D eigenvalue weighted by molar-refractivity contribution is 7.81. The van der Waals surface area contributed by atoms with Crippen molar-refractivity contribution in [1.29, 1.82) is 0 Å². The highest BCUT2D eigenvalue weighted by Gasteiger charge is 2.29. The lowest BCUT2D eigenvalue weighted by molar-refractivity contribution is -0.142. The van der Waals surface area contributed by atoms with Crippen molar-refractivity contribution in [3.8, 4) is 0 Å². The molecule has 27 heavy (non-hydrogen) atoms. The summed E-state index contributed by atoms with van der Waals surface area (Å²) in [4.78, 5) is 36.6. The van der Waals surface area contributed by atoms with Crippen LogP contribution in [0.4, 0.5) is 0 Å². The third kappa shape index (κ3) is 8.03. The predicted octanol–water partition coefficient (Wildman–Crippen LogP) is 2.28. The first kappa shape index (κ1) is 23.0. The van der Waals surface area contributed by atoms with Gasteiger partial charge >= 0.3 is 5.97 Å². The molecule has 0 aliphatic carbocycles. The zero-order chi connectivity index (χ0) is 20.6. The molecule has 0 fully saturated rings. The van der Waals surface area contributed by atoms with Crippen molar-refractivity contribution >= 4 is 30.4 Å². The zero-order valence-corrected chi connectivity index (χ0v) is 17.2. The summed E-state index contributed by atoms with van der Waals surface area (Å²) in [6.07, 6.45) is 0.583. The number of nitrogens with one attached hydrogen (secondary N) is 2. The van der Waals surface area contributed by atoms with Crippen LogP contribution in [0, 0.1) is 11.8 Å². The summed E-state index contributed by atoms with van der Waals surface area (Å²) in [7, 11) is 0.